The Balaban J connectivity index is 0.00000289. The molecule has 1 unspecified atom stereocenters. The second-order valence-corrected chi connectivity index (χ2v) is 4.16. The molecule has 0 radical (unpaired) electrons. The average Bonchev–Trinajstić information content (AvgIpc) is 2.34. The summed E-state index contributed by atoms with van der Waals surface area (Å²) in [5, 5.41) is 16.0. The van der Waals surface area contributed by atoms with Crippen LogP contribution in [0.25, 0.3) is 0 Å². The zero-order chi connectivity index (χ0) is 12.7. The van der Waals surface area contributed by atoms with Crippen LogP contribution in [0.3, 0.4) is 0 Å². The fraction of sp³-hybridized carbons (Fsp3) is 0.417. The fourth-order valence-electron chi connectivity index (χ4n) is 1.34. The minimum absolute atomic E-state index is 0. The molecule has 1 aromatic rings. The molecule has 102 valence electrons. The zero-order valence-corrected chi connectivity index (χ0v) is 11.7. The summed E-state index contributed by atoms with van der Waals surface area (Å²) in [5.41, 5.74) is 0.739. The molecule has 6 heteroatoms. The first kappa shape index (κ1) is 17.2. The molecule has 0 heterocycles. The highest BCUT2D eigenvalue weighted by atomic mass is 35.5. The molecule has 1 aromatic carbocycles. The van der Waals surface area contributed by atoms with E-state index in [1.807, 2.05) is 0 Å². The normalized spacial score (nSPS) is 11.5. The predicted octanol–water partition coefficient (Wildman–Crippen LogP) is 1.52. The zero-order valence-electron chi connectivity index (χ0n) is 10.1. The molecule has 18 heavy (non-hydrogen) atoms. The molecule has 0 saturated heterocycles. The van der Waals surface area contributed by atoms with Crippen molar-refractivity contribution < 1.29 is 9.90 Å². The van der Waals surface area contributed by atoms with E-state index in [2.05, 4.69) is 10.6 Å². The van der Waals surface area contributed by atoms with E-state index >= 15 is 0 Å². The van der Waals surface area contributed by atoms with Gasteiger partial charge in [0.05, 0.1) is 6.10 Å². The van der Waals surface area contributed by atoms with Crippen LogP contribution in [0.1, 0.15) is 18.1 Å². The van der Waals surface area contributed by atoms with Crippen molar-refractivity contribution in [1.29, 1.82) is 0 Å². The van der Waals surface area contributed by atoms with Crippen LogP contribution in [0, 0.1) is 0 Å². The van der Waals surface area contributed by atoms with E-state index in [0.29, 0.717) is 18.0 Å². The Morgan fingerprint density at radius 3 is 2.56 bits per heavy atom. The molecule has 0 fully saturated rings. The molecule has 1 atom stereocenters. The highest BCUT2D eigenvalue weighted by molar-refractivity contribution is 6.30. The second-order valence-electron chi connectivity index (χ2n) is 3.72. The van der Waals surface area contributed by atoms with Crippen LogP contribution >= 0.6 is 24.0 Å². The van der Waals surface area contributed by atoms with Gasteiger partial charge in [-0.05, 0) is 24.7 Å². The third kappa shape index (κ3) is 6.21. The van der Waals surface area contributed by atoms with Gasteiger partial charge in [0.15, 0.2) is 0 Å². The quantitative estimate of drug-likeness (QED) is 0.745. The number of hydrogen-bond acceptors (Lipinski definition) is 3. The maximum absolute atomic E-state index is 11.3. The number of carbonyl (C=O) groups is 1. The summed E-state index contributed by atoms with van der Waals surface area (Å²) >= 11 is 5.74. The molecule has 0 aliphatic heterocycles. The number of benzene rings is 1. The van der Waals surface area contributed by atoms with Gasteiger partial charge in [0.1, 0.15) is 0 Å². The third-order valence-corrected chi connectivity index (χ3v) is 2.60. The molecule has 1 rings (SSSR count). The number of aliphatic hydroxyl groups is 1. The van der Waals surface area contributed by atoms with E-state index in [9.17, 15) is 9.90 Å². The second kappa shape index (κ2) is 9.16. The van der Waals surface area contributed by atoms with Crippen LogP contribution in [-0.2, 0) is 4.79 Å². The number of rotatable bonds is 6. The molecule has 0 bridgehead atoms. The summed E-state index contributed by atoms with van der Waals surface area (Å²) < 4.78 is 0. The lowest BCUT2D eigenvalue weighted by Gasteiger charge is -2.12. The Labute approximate surface area is 118 Å². The van der Waals surface area contributed by atoms with Crippen molar-refractivity contribution in [2.75, 3.05) is 20.1 Å². The average molecular weight is 293 g/mol. The van der Waals surface area contributed by atoms with Gasteiger partial charge < -0.3 is 15.7 Å². The number of halogens is 2. The van der Waals surface area contributed by atoms with E-state index in [4.69, 9.17) is 11.6 Å². The lowest BCUT2D eigenvalue weighted by atomic mass is 10.1. The summed E-state index contributed by atoms with van der Waals surface area (Å²) in [6, 6.07) is 6.91. The van der Waals surface area contributed by atoms with Crippen LogP contribution in [0.5, 0.6) is 0 Å². The van der Waals surface area contributed by atoms with Crippen LogP contribution in [0.2, 0.25) is 5.02 Å². The summed E-state index contributed by atoms with van der Waals surface area (Å²) in [4.78, 5) is 11.3. The fourth-order valence-corrected chi connectivity index (χ4v) is 1.47. The van der Waals surface area contributed by atoms with Crippen molar-refractivity contribution in [3.63, 3.8) is 0 Å². The first-order valence-corrected chi connectivity index (χ1v) is 5.86. The summed E-state index contributed by atoms with van der Waals surface area (Å²) in [6.45, 7) is 0.840. The van der Waals surface area contributed by atoms with Crippen molar-refractivity contribution in [3.05, 3.63) is 34.9 Å². The molecule has 0 aliphatic rings. The Bertz CT molecular complexity index is 358. The van der Waals surface area contributed by atoms with Gasteiger partial charge in [-0.15, -0.1) is 12.4 Å². The monoisotopic (exact) mass is 292 g/mol. The molecule has 3 N–H and O–H groups in total. The first-order valence-electron chi connectivity index (χ1n) is 5.48. The number of aliphatic hydroxyl groups excluding tert-OH is 1. The van der Waals surface area contributed by atoms with Gasteiger partial charge in [-0.2, -0.15) is 0 Å². The summed E-state index contributed by atoms with van der Waals surface area (Å²) in [6.07, 6.45) is -0.296. The van der Waals surface area contributed by atoms with Crippen molar-refractivity contribution in [1.82, 2.24) is 10.6 Å². The van der Waals surface area contributed by atoms with Crippen LogP contribution < -0.4 is 10.6 Å². The van der Waals surface area contributed by atoms with Gasteiger partial charge in [-0.1, -0.05) is 23.7 Å². The lowest BCUT2D eigenvalue weighted by Crippen LogP contribution is -2.30. The van der Waals surface area contributed by atoms with E-state index in [0.717, 1.165) is 5.56 Å². The number of nitrogens with one attached hydrogen (secondary N) is 2. The smallest absolute Gasteiger partial charge is 0.221 e. The number of carbonyl (C=O) groups excluding carboxylic acids is 1. The van der Waals surface area contributed by atoms with Crippen molar-refractivity contribution in [3.8, 4) is 0 Å². The molecular formula is C12H18Cl2N2O2. The van der Waals surface area contributed by atoms with Gasteiger partial charge in [0.25, 0.3) is 0 Å². The number of amides is 1. The Morgan fingerprint density at radius 2 is 2.00 bits per heavy atom. The summed E-state index contributed by atoms with van der Waals surface area (Å²) in [5.74, 6) is -0.0765. The van der Waals surface area contributed by atoms with Crippen molar-refractivity contribution in [2.24, 2.45) is 0 Å². The van der Waals surface area contributed by atoms with Gasteiger partial charge in [-0.3, -0.25) is 4.79 Å². The minimum atomic E-state index is -0.703. The molecule has 1 amide bonds. The predicted molar refractivity (Wildman–Crippen MR) is 75.2 cm³/mol. The molecule has 4 nitrogen and oxygen atoms in total. The molecule has 0 saturated carbocycles. The third-order valence-electron chi connectivity index (χ3n) is 2.35. The van der Waals surface area contributed by atoms with Crippen molar-refractivity contribution >= 4 is 29.9 Å². The Morgan fingerprint density at radius 1 is 1.39 bits per heavy atom. The summed E-state index contributed by atoms with van der Waals surface area (Å²) in [7, 11) is 1.79. The number of hydrogen-bond donors (Lipinski definition) is 3. The Kier molecular flexibility index (Phi) is 8.75. The highest BCUT2D eigenvalue weighted by Gasteiger charge is 2.08. The van der Waals surface area contributed by atoms with Gasteiger partial charge >= 0.3 is 0 Å². The van der Waals surface area contributed by atoms with E-state index in [-0.39, 0.29) is 24.9 Å². The van der Waals surface area contributed by atoms with Crippen LogP contribution in [0.4, 0.5) is 0 Å². The van der Waals surface area contributed by atoms with Gasteiger partial charge in [0, 0.05) is 24.5 Å². The molecular weight excluding hydrogens is 275 g/mol. The maximum Gasteiger partial charge on any atom is 0.221 e. The minimum Gasteiger partial charge on any atom is -0.387 e. The van der Waals surface area contributed by atoms with E-state index in [1.54, 1.807) is 31.3 Å². The Hall–Kier alpha value is -0.810. The lowest BCUT2D eigenvalue weighted by molar-refractivity contribution is -0.121. The standard InChI is InChI=1S/C12H17ClN2O2.ClH/c1-14-7-6-12(17)15-8-11(16)9-2-4-10(13)5-3-9;/h2-5,11,14,16H,6-8H2,1H3,(H,15,17);1H. The van der Waals surface area contributed by atoms with E-state index < -0.39 is 6.10 Å². The topological polar surface area (TPSA) is 61.4 Å². The SMILES string of the molecule is CNCCC(=O)NCC(O)c1ccc(Cl)cc1.Cl. The van der Waals surface area contributed by atoms with E-state index in [1.165, 1.54) is 0 Å². The molecule has 0 aromatic heterocycles. The largest absolute Gasteiger partial charge is 0.387 e. The first-order chi connectivity index (χ1) is 8.13. The van der Waals surface area contributed by atoms with Gasteiger partial charge in [0.2, 0.25) is 5.91 Å². The maximum atomic E-state index is 11.3. The van der Waals surface area contributed by atoms with Crippen LogP contribution in [0.15, 0.2) is 24.3 Å². The molecule has 0 spiro atoms. The van der Waals surface area contributed by atoms with Crippen molar-refractivity contribution in [2.45, 2.75) is 12.5 Å². The van der Waals surface area contributed by atoms with Crippen LogP contribution in [-0.4, -0.2) is 31.2 Å². The van der Waals surface area contributed by atoms with Gasteiger partial charge in [-0.25, -0.2) is 0 Å². The molecule has 0 aliphatic carbocycles. The highest BCUT2D eigenvalue weighted by Crippen LogP contribution is 2.15.